The van der Waals surface area contributed by atoms with E-state index in [9.17, 15) is 14.7 Å². The number of halogens is 1. The van der Waals surface area contributed by atoms with E-state index in [1.807, 2.05) is 49.6 Å². The Kier molecular flexibility index (Phi) is 7.18. The Labute approximate surface area is 240 Å². The monoisotopic (exact) mass is 609 g/mol. The van der Waals surface area contributed by atoms with Gasteiger partial charge in [-0.3, -0.25) is 4.79 Å². The summed E-state index contributed by atoms with van der Waals surface area (Å²) in [6.45, 7) is 10.3. The van der Waals surface area contributed by atoms with Crippen LogP contribution in [0.4, 0.5) is 0 Å². The van der Waals surface area contributed by atoms with Crippen LogP contribution in [-0.2, 0) is 10.2 Å². The minimum Gasteiger partial charge on any atom is -0.479 e. The van der Waals surface area contributed by atoms with Crippen LogP contribution < -0.4 is 0 Å². The molecule has 1 fully saturated rings. The lowest BCUT2D eigenvalue weighted by Gasteiger charge is -2.38. The molecular formula is C30H32BrN3O4S. The van der Waals surface area contributed by atoms with Gasteiger partial charge in [-0.15, -0.1) is 11.3 Å². The summed E-state index contributed by atoms with van der Waals surface area (Å²) in [5.41, 5.74) is 1.21. The Morgan fingerprint density at radius 2 is 1.97 bits per heavy atom. The molecule has 1 saturated heterocycles. The minimum atomic E-state index is -1.47. The first-order valence-electron chi connectivity index (χ1n) is 13.0. The number of benzene rings is 2. The van der Waals surface area contributed by atoms with Crippen LogP contribution in [0, 0.1) is 5.92 Å². The van der Waals surface area contributed by atoms with Gasteiger partial charge in [0.25, 0.3) is 5.91 Å². The van der Waals surface area contributed by atoms with Gasteiger partial charge in [-0.05, 0) is 54.0 Å². The van der Waals surface area contributed by atoms with Gasteiger partial charge in [-0.25, -0.2) is 14.8 Å². The van der Waals surface area contributed by atoms with E-state index in [2.05, 4.69) is 41.7 Å². The predicted molar refractivity (Wildman–Crippen MR) is 155 cm³/mol. The molecule has 9 heteroatoms. The predicted octanol–water partition coefficient (Wildman–Crippen LogP) is 7.58. The summed E-state index contributed by atoms with van der Waals surface area (Å²) in [6, 6.07) is 12.4. The van der Waals surface area contributed by atoms with Crippen LogP contribution >= 0.6 is 27.3 Å². The summed E-state index contributed by atoms with van der Waals surface area (Å²) in [4.78, 5) is 38.6. The largest absolute Gasteiger partial charge is 0.479 e. The van der Waals surface area contributed by atoms with Crippen molar-refractivity contribution in [2.75, 3.05) is 0 Å². The maximum absolute atomic E-state index is 14.5. The molecule has 5 rings (SSSR count). The van der Waals surface area contributed by atoms with Crippen LogP contribution in [0.25, 0.3) is 11.1 Å². The number of likely N-dealkylation sites (tertiary alicyclic amines) is 1. The molecule has 7 nitrogen and oxygen atoms in total. The first kappa shape index (κ1) is 27.5. The molecule has 1 amide bonds. The average Bonchev–Trinajstić information content (AvgIpc) is 3.59. The van der Waals surface area contributed by atoms with Gasteiger partial charge in [0.2, 0.25) is 5.89 Å². The number of aromatic nitrogens is 2. The number of carbonyl (C=O) groups is 2. The summed E-state index contributed by atoms with van der Waals surface area (Å²) in [7, 11) is 0. The van der Waals surface area contributed by atoms with Crippen LogP contribution in [0.1, 0.15) is 86.2 Å². The van der Waals surface area contributed by atoms with Gasteiger partial charge < -0.3 is 14.4 Å². The summed E-state index contributed by atoms with van der Waals surface area (Å²) in [5, 5.41) is 13.3. The van der Waals surface area contributed by atoms with Crippen molar-refractivity contribution in [1.29, 1.82) is 0 Å². The van der Waals surface area contributed by atoms with Crippen LogP contribution in [0.15, 0.2) is 62.9 Å². The number of oxazole rings is 1. The highest BCUT2D eigenvalue weighted by atomic mass is 79.9. The third-order valence-corrected chi connectivity index (χ3v) is 8.90. The van der Waals surface area contributed by atoms with E-state index >= 15 is 0 Å². The van der Waals surface area contributed by atoms with Crippen LogP contribution in [0.2, 0.25) is 0 Å². The Balaban J connectivity index is 1.70. The third kappa shape index (κ3) is 4.91. The molecule has 0 saturated carbocycles. The first-order valence-corrected chi connectivity index (χ1v) is 14.7. The van der Waals surface area contributed by atoms with Crippen molar-refractivity contribution in [3.63, 3.8) is 0 Å². The fourth-order valence-electron chi connectivity index (χ4n) is 5.80. The number of carboxylic acid groups (broad SMARTS) is 1. The maximum Gasteiger partial charge on any atom is 0.329 e. The topological polar surface area (TPSA) is 96.5 Å². The molecular weight excluding hydrogens is 578 g/mol. The average molecular weight is 611 g/mol. The maximum atomic E-state index is 14.5. The van der Waals surface area contributed by atoms with E-state index < -0.39 is 23.5 Å². The van der Waals surface area contributed by atoms with Gasteiger partial charge in [-0.2, -0.15) is 0 Å². The van der Waals surface area contributed by atoms with Crippen molar-refractivity contribution in [3.05, 3.63) is 80.5 Å². The molecule has 3 atom stereocenters. The zero-order valence-electron chi connectivity index (χ0n) is 22.6. The normalized spacial score (nSPS) is 21.7. The second-order valence-electron chi connectivity index (χ2n) is 11.7. The highest BCUT2D eigenvalue weighted by molar-refractivity contribution is 9.10. The number of amides is 1. The SMILES string of the molecule is CC(C)C[C@@]1(C(=O)O)C[C@H](c2nc3ccccc3o2)[C@H](c2nccs2)N1C(=O)c1ccc(C(C)(C)C)c(Br)c1. The molecule has 204 valence electrons. The molecule has 0 bridgehead atoms. The molecule has 1 aliphatic heterocycles. The quantitative estimate of drug-likeness (QED) is 0.242. The van der Waals surface area contributed by atoms with E-state index in [4.69, 9.17) is 9.40 Å². The van der Waals surface area contributed by atoms with Crippen LogP contribution in [0.5, 0.6) is 0 Å². The lowest BCUT2D eigenvalue weighted by Crippen LogP contribution is -2.54. The van der Waals surface area contributed by atoms with Gasteiger partial charge in [0, 0.05) is 21.6 Å². The number of carbonyl (C=O) groups excluding carboxylic acids is 1. The van der Waals surface area contributed by atoms with Crippen molar-refractivity contribution >= 4 is 50.2 Å². The summed E-state index contributed by atoms with van der Waals surface area (Å²) in [5.74, 6) is -1.43. The van der Waals surface area contributed by atoms with Crippen molar-refractivity contribution in [3.8, 4) is 0 Å². The van der Waals surface area contributed by atoms with E-state index in [1.54, 1.807) is 23.2 Å². The second kappa shape index (κ2) is 10.2. The molecule has 1 N–H and O–H groups in total. The summed E-state index contributed by atoms with van der Waals surface area (Å²) in [6.07, 6.45) is 2.14. The number of fused-ring (bicyclic) bond motifs is 1. The zero-order valence-corrected chi connectivity index (χ0v) is 25.0. The summed E-state index contributed by atoms with van der Waals surface area (Å²) >= 11 is 5.06. The highest BCUT2D eigenvalue weighted by Crippen LogP contribution is 2.55. The zero-order chi connectivity index (χ0) is 28.1. The molecule has 0 aliphatic carbocycles. The molecule has 2 aromatic heterocycles. The van der Waals surface area contributed by atoms with E-state index in [0.29, 0.717) is 27.6 Å². The standard InChI is InChI=1S/C30H32BrN3O4S/c1-17(2)15-30(28(36)37)16-19(25-33-22-8-6-7-9-23(22)38-25)24(26-32-12-13-39-26)34(30)27(35)18-10-11-20(21(31)14-18)29(3,4)5/h6-14,17,19,24H,15-16H2,1-5H3,(H,36,37)/t19-,24+,30-/m0/s1. The number of nitrogens with zero attached hydrogens (tertiary/aromatic N) is 3. The Morgan fingerprint density at radius 1 is 1.23 bits per heavy atom. The Bertz CT molecular complexity index is 1490. The third-order valence-electron chi connectivity index (χ3n) is 7.40. The molecule has 0 unspecified atom stereocenters. The molecule has 0 radical (unpaired) electrons. The number of hydrogen-bond acceptors (Lipinski definition) is 6. The molecule has 0 spiro atoms. The minimum absolute atomic E-state index is 0.0192. The van der Waals surface area contributed by atoms with E-state index in [1.165, 1.54) is 11.3 Å². The highest BCUT2D eigenvalue weighted by Gasteiger charge is 2.61. The lowest BCUT2D eigenvalue weighted by atomic mass is 9.83. The number of rotatable bonds is 6. The number of carboxylic acids is 1. The fraction of sp³-hybridized carbons (Fsp3) is 0.400. The number of thiazole rings is 1. The van der Waals surface area contributed by atoms with E-state index in [-0.39, 0.29) is 30.1 Å². The smallest absolute Gasteiger partial charge is 0.329 e. The van der Waals surface area contributed by atoms with Crippen molar-refractivity contribution in [2.24, 2.45) is 5.92 Å². The molecule has 3 heterocycles. The molecule has 2 aromatic carbocycles. The van der Waals surface area contributed by atoms with Crippen LogP contribution in [-0.4, -0.2) is 37.4 Å². The van der Waals surface area contributed by atoms with Gasteiger partial charge in [0.1, 0.15) is 16.1 Å². The van der Waals surface area contributed by atoms with Crippen LogP contribution in [0.3, 0.4) is 0 Å². The first-order chi connectivity index (χ1) is 18.4. The molecule has 39 heavy (non-hydrogen) atoms. The Hall–Kier alpha value is -3.04. The molecule has 1 aliphatic rings. The Morgan fingerprint density at radius 3 is 2.56 bits per heavy atom. The van der Waals surface area contributed by atoms with Gasteiger partial charge in [0.15, 0.2) is 5.58 Å². The molecule has 4 aromatic rings. The van der Waals surface area contributed by atoms with Crippen molar-refractivity contribution in [2.45, 2.75) is 70.4 Å². The number of hydrogen-bond donors (Lipinski definition) is 1. The summed E-state index contributed by atoms with van der Waals surface area (Å²) < 4.78 is 7.00. The van der Waals surface area contributed by atoms with Crippen molar-refractivity contribution in [1.82, 2.24) is 14.9 Å². The fourth-order valence-corrected chi connectivity index (χ4v) is 7.57. The number of para-hydroxylation sites is 2. The second-order valence-corrected chi connectivity index (χ2v) is 13.5. The lowest BCUT2D eigenvalue weighted by molar-refractivity contribution is -0.150. The van der Waals surface area contributed by atoms with Gasteiger partial charge in [-0.1, -0.05) is 68.7 Å². The van der Waals surface area contributed by atoms with Crippen molar-refractivity contribution < 1.29 is 19.1 Å². The van der Waals surface area contributed by atoms with Gasteiger partial charge >= 0.3 is 5.97 Å². The number of aliphatic carboxylic acids is 1. The van der Waals surface area contributed by atoms with E-state index in [0.717, 1.165) is 10.0 Å². The van der Waals surface area contributed by atoms with Gasteiger partial charge in [0.05, 0.1) is 12.0 Å².